The van der Waals surface area contributed by atoms with E-state index in [1.165, 1.54) is 7.11 Å². The van der Waals surface area contributed by atoms with E-state index < -0.39 is 11.8 Å². The van der Waals surface area contributed by atoms with Gasteiger partial charge < -0.3 is 19.1 Å². The monoisotopic (exact) mass is 259 g/mol. The molecule has 18 heavy (non-hydrogen) atoms. The summed E-state index contributed by atoms with van der Waals surface area (Å²) in [5.41, 5.74) is -0.521. The maximum Gasteiger partial charge on any atom is 0.508 e. The van der Waals surface area contributed by atoms with E-state index in [4.69, 9.17) is 9.47 Å². The van der Waals surface area contributed by atoms with Crippen LogP contribution in [0.5, 0.6) is 0 Å². The van der Waals surface area contributed by atoms with Crippen LogP contribution in [0.1, 0.15) is 33.6 Å². The molecule has 0 bridgehead atoms. The normalized spacial score (nSPS) is 20.2. The van der Waals surface area contributed by atoms with E-state index in [1.807, 2.05) is 20.8 Å². The van der Waals surface area contributed by atoms with Crippen molar-refractivity contribution in [2.75, 3.05) is 20.2 Å². The van der Waals surface area contributed by atoms with Crippen LogP contribution in [0.25, 0.3) is 0 Å². The molecule has 0 aromatic rings. The number of carbonyl (C=O) groups is 2. The lowest BCUT2D eigenvalue weighted by molar-refractivity contribution is -0.0150. The van der Waals surface area contributed by atoms with Crippen molar-refractivity contribution in [2.24, 2.45) is 0 Å². The molecule has 1 rings (SSSR count). The second-order valence-corrected chi connectivity index (χ2v) is 5.26. The zero-order valence-electron chi connectivity index (χ0n) is 11.4. The molecule has 104 valence electrons. The number of piperidine rings is 1. The topological polar surface area (TPSA) is 65.1 Å². The van der Waals surface area contributed by atoms with E-state index in [-0.39, 0.29) is 12.2 Å². The van der Waals surface area contributed by atoms with Gasteiger partial charge in [0.25, 0.3) is 0 Å². The zero-order valence-corrected chi connectivity index (χ0v) is 11.4. The first-order valence-corrected chi connectivity index (χ1v) is 6.04. The first-order chi connectivity index (χ1) is 8.31. The van der Waals surface area contributed by atoms with Gasteiger partial charge in [-0.25, -0.2) is 9.59 Å². The van der Waals surface area contributed by atoms with Gasteiger partial charge in [0.05, 0.1) is 13.7 Å². The third-order valence-corrected chi connectivity index (χ3v) is 2.46. The molecular weight excluding hydrogens is 238 g/mol. The molecule has 6 nitrogen and oxygen atoms in total. The van der Waals surface area contributed by atoms with Gasteiger partial charge >= 0.3 is 12.2 Å². The highest BCUT2D eigenvalue weighted by Crippen LogP contribution is 2.17. The van der Waals surface area contributed by atoms with Gasteiger partial charge in [0, 0.05) is 6.54 Å². The molecule has 1 fully saturated rings. The number of hydrogen-bond acceptors (Lipinski definition) is 5. The van der Waals surface area contributed by atoms with E-state index >= 15 is 0 Å². The Labute approximate surface area is 107 Å². The molecule has 0 aromatic heterocycles. The minimum absolute atomic E-state index is 0.321. The van der Waals surface area contributed by atoms with Crippen molar-refractivity contribution in [1.82, 2.24) is 4.90 Å². The summed E-state index contributed by atoms with van der Waals surface area (Å²) in [4.78, 5) is 24.4. The molecule has 1 heterocycles. The van der Waals surface area contributed by atoms with Gasteiger partial charge in [0.1, 0.15) is 11.7 Å². The molecule has 0 spiro atoms. The summed E-state index contributed by atoms with van der Waals surface area (Å²) in [6.45, 7) is 6.42. The zero-order chi connectivity index (χ0) is 13.8. The first kappa shape index (κ1) is 14.6. The van der Waals surface area contributed by atoms with Gasteiger partial charge in [0.2, 0.25) is 0 Å². The predicted molar refractivity (Wildman–Crippen MR) is 64.3 cm³/mol. The van der Waals surface area contributed by atoms with Gasteiger partial charge in [0.15, 0.2) is 0 Å². The van der Waals surface area contributed by atoms with Crippen molar-refractivity contribution in [1.29, 1.82) is 0 Å². The van der Waals surface area contributed by atoms with Gasteiger partial charge in [-0.3, -0.25) is 0 Å². The Bertz CT molecular complexity index is 310. The van der Waals surface area contributed by atoms with Gasteiger partial charge in [-0.05, 0) is 33.6 Å². The summed E-state index contributed by atoms with van der Waals surface area (Å²) in [6, 6.07) is 0. The molecule has 6 heteroatoms. The summed E-state index contributed by atoms with van der Waals surface area (Å²) in [7, 11) is 1.26. The molecule has 0 aliphatic carbocycles. The summed E-state index contributed by atoms with van der Waals surface area (Å²) < 4.78 is 14.7. The highest BCUT2D eigenvalue weighted by atomic mass is 16.7. The molecule has 1 aliphatic rings. The summed E-state index contributed by atoms with van der Waals surface area (Å²) in [5.74, 6) is 0. The number of carbonyl (C=O) groups excluding carboxylic acids is 2. The van der Waals surface area contributed by atoms with Crippen molar-refractivity contribution in [3.05, 3.63) is 0 Å². The minimum atomic E-state index is -0.717. The van der Waals surface area contributed by atoms with E-state index in [0.717, 1.165) is 12.8 Å². The van der Waals surface area contributed by atoms with Crippen LogP contribution < -0.4 is 0 Å². The van der Waals surface area contributed by atoms with Crippen LogP contribution in [0.3, 0.4) is 0 Å². The minimum Gasteiger partial charge on any atom is -0.444 e. The number of nitrogens with zero attached hydrogens (tertiary/aromatic N) is 1. The SMILES string of the molecule is COC(=O)OC1CCCN(C(=O)OC(C)(C)C)C1. The average molecular weight is 259 g/mol. The van der Waals surface area contributed by atoms with E-state index in [2.05, 4.69) is 4.74 Å². The van der Waals surface area contributed by atoms with Crippen molar-refractivity contribution < 1.29 is 23.8 Å². The Morgan fingerprint density at radius 3 is 2.50 bits per heavy atom. The van der Waals surface area contributed by atoms with Crippen LogP contribution in [-0.4, -0.2) is 49.1 Å². The van der Waals surface area contributed by atoms with Gasteiger partial charge in [-0.15, -0.1) is 0 Å². The molecule has 0 N–H and O–H groups in total. The first-order valence-electron chi connectivity index (χ1n) is 6.04. The third-order valence-electron chi connectivity index (χ3n) is 2.46. The molecule has 0 aromatic carbocycles. The fourth-order valence-corrected chi connectivity index (χ4v) is 1.71. The Hall–Kier alpha value is -1.46. The number of amides is 1. The van der Waals surface area contributed by atoms with Crippen LogP contribution in [0.4, 0.5) is 9.59 Å². The highest BCUT2D eigenvalue weighted by Gasteiger charge is 2.29. The van der Waals surface area contributed by atoms with Crippen LogP contribution in [0, 0.1) is 0 Å². The Morgan fingerprint density at radius 2 is 1.94 bits per heavy atom. The maximum atomic E-state index is 11.8. The molecule has 1 atom stereocenters. The Balaban J connectivity index is 2.48. The summed E-state index contributed by atoms with van der Waals surface area (Å²) in [6.07, 6.45) is 0.0976. The van der Waals surface area contributed by atoms with Gasteiger partial charge in [-0.1, -0.05) is 0 Å². The Kier molecular flexibility index (Phi) is 4.81. The number of methoxy groups -OCH3 is 1. The standard InChI is InChI=1S/C12H21NO5/c1-12(2,3)18-10(14)13-7-5-6-9(8-13)17-11(15)16-4/h9H,5-8H2,1-4H3. The van der Waals surface area contributed by atoms with Crippen molar-refractivity contribution >= 4 is 12.2 Å². The molecule has 0 saturated carbocycles. The van der Waals surface area contributed by atoms with Crippen molar-refractivity contribution in [2.45, 2.75) is 45.3 Å². The quantitative estimate of drug-likeness (QED) is 0.675. The van der Waals surface area contributed by atoms with Gasteiger partial charge in [-0.2, -0.15) is 0 Å². The van der Waals surface area contributed by atoms with Crippen LogP contribution in [0.2, 0.25) is 0 Å². The van der Waals surface area contributed by atoms with E-state index in [0.29, 0.717) is 13.1 Å². The fourth-order valence-electron chi connectivity index (χ4n) is 1.71. The second kappa shape index (κ2) is 5.93. The lowest BCUT2D eigenvalue weighted by Crippen LogP contribution is -2.45. The average Bonchev–Trinajstić information content (AvgIpc) is 2.27. The van der Waals surface area contributed by atoms with Crippen LogP contribution >= 0.6 is 0 Å². The van der Waals surface area contributed by atoms with Crippen molar-refractivity contribution in [3.63, 3.8) is 0 Å². The summed E-state index contributed by atoms with van der Waals surface area (Å²) in [5, 5.41) is 0. The molecule has 1 aliphatic heterocycles. The lowest BCUT2D eigenvalue weighted by atomic mass is 10.1. The smallest absolute Gasteiger partial charge is 0.444 e. The third kappa shape index (κ3) is 4.81. The number of likely N-dealkylation sites (tertiary alicyclic amines) is 1. The van der Waals surface area contributed by atoms with E-state index in [9.17, 15) is 9.59 Å². The molecule has 1 unspecified atom stereocenters. The number of rotatable bonds is 1. The van der Waals surface area contributed by atoms with Crippen LogP contribution in [0.15, 0.2) is 0 Å². The highest BCUT2D eigenvalue weighted by molar-refractivity contribution is 5.68. The number of ether oxygens (including phenoxy) is 3. The van der Waals surface area contributed by atoms with E-state index in [1.54, 1.807) is 4.90 Å². The maximum absolute atomic E-state index is 11.8. The molecule has 0 radical (unpaired) electrons. The molecule has 1 amide bonds. The molecular formula is C12H21NO5. The Morgan fingerprint density at radius 1 is 1.28 bits per heavy atom. The van der Waals surface area contributed by atoms with Crippen LogP contribution in [-0.2, 0) is 14.2 Å². The second-order valence-electron chi connectivity index (χ2n) is 5.26. The predicted octanol–water partition coefficient (Wildman–Crippen LogP) is 2.17. The molecule has 1 saturated heterocycles. The largest absolute Gasteiger partial charge is 0.508 e. The summed E-state index contributed by atoms with van der Waals surface area (Å²) >= 11 is 0. The fraction of sp³-hybridized carbons (Fsp3) is 0.833. The lowest BCUT2D eigenvalue weighted by Gasteiger charge is -2.33. The van der Waals surface area contributed by atoms with Crippen molar-refractivity contribution in [3.8, 4) is 0 Å². The number of hydrogen-bond donors (Lipinski definition) is 0.